The van der Waals surface area contributed by atoms with Crippen LogP contribution in [0.25, 0.3) is 0 Å². The topological polar surface area (TPSA) is 95.4 Å². The van der Waals surface area contributed by atoms with Gasteiger partial charge in [0.1, 0.15) is 5.76 Å². The first-order chi connectivity index (χ1) is 7.10. The van der Waals surface area contributed by atoms with Crippen LogP contribution in [0.15, 0.2) is 12.3 Å². The number of nitrogens with one attached hydrogen (secondary N) is 2. The molecule has 3 unspecified atom stereocenters. The molecule has 0 aromatic carbocycles. The second-order valence-electron chi connectivity index (χ2n) is 3.28. The van der Waals surface area contributed by atoms with Gasteiger partial charge in [-0.25, -0.2) is 15.7 Å². The van der Waals surface area contributed by atoms with Crippen LogP contribution in [-0.4, -0.2) is 40.2 Å². The third-order valence-corrected chi connectivity index (χ3v) is 2.62. The lowest BCUT2D eigenvalue weighted by Crippen LogP contribution is -3.23. The molecule has 1 heterocycles. The normalized spacial score (nSPS) is 31.9. The maximum absolute atomic E-state index is 8.84. The van der Waals surface area contributed by atoms with E-state index in [1.54, 1.807) is 5.01 Å². The molecule has 0 aromatic heterocycles. The van der Waals surface area contributed by atoms with E-state index in [1.165, 1.54) is 0 Å². The van der Waals surface area contributed by atoms with Gasteiger partial charge in [0.05, 0.1) is 18.5 Å². The number of β-amino-alcohol motifs (C(OH)–C–C–N with tert-alkyl or cyclic N) is 1. The van der Waals surface area contributed by atoms with Gasteiger partial charge in [-0.3, -0.25) is 0 Å². The fourth-order valence-corrected chi connectivity index (χ4v) is 1.77. The standard InChI is InChI=1S/C7H16N4O3S/c1-5(14-13)4-6-10(2-3-12)9-7(15)11(6)8/h6-7,9,12-13,15H,1-4,8H2. The molecule has 8 heteroatoms. The molecule has 7 nitrogen and oxygen atoms in total. The molecule has 0 spiro atoms. The summed E-state index contributed by atoms with van der Waals surface area (Å²) >= 11 is 5.05. The summed E-state index contributed by atoms with van der Waals surface area (Å²) in [6.07, 6.45) is 0.127. The molecule has 0 bridgehead atoms. The molecule has 3 atom stereocenters. The van der Waals surface area contributed by atoms with Crippen molar-refractivity contribution in [3.05, 3.63) is 12.3 Å². The quantitative estimate of drug-likeness (QED) is 0.115. The van der Waals surface area contributed by atoms with E-state index in [0.29, 0.717) is 18.0 Å². The number of quaternary nitrogens is 1. The summed E-state index contributed by atoms with van der Waals surface area (Å²) in [6, 6.07) is 0. The van der Waals surface area contributed by atoms with Crippen molar-refractivity contribution in [3.63, 3.8) is 0 Å². The SMILES string of the molecule is C=C(CC1N(CCO)NC([S-])[NH+]1N)OO. The fraction of sp³-hybridized carbons (Fsp3) is 0.714. The van der Waals surface area contributed by atoms with Crippen LogP contribution < -0.4 is 16.3 Å². The van der Waals surface area contributed by atoms with E-state index in [0.717, 1.165) is 0 Å². The minimum absolute atomic E-state index is 0.00864. The molecule has 1 saturated heterocycles. The number of hydrazine groups is 1. The van der Waals surface area contributed by atoms with Crippen molar-refractivity contribution in [3.8, 4) is 0 Å². The Morgan fingerprint density at radius 1 is 1.73 bits per heavy atom. The second-order valence-corrected chi connectivity index (χ2v) is 3.75. The molecule has 0 amide bonds. The van der Waals surface area contributed by atoms with E-state index in [9.17, 15) is 0 Å². The Bertz CT molecular complexity index is 230. The van der Waals surface area contributed by atoms with E-state index >= 15 is 0 Å². The smallest absolute Gasteiger partial charge is 0.180 e. The highest BCUT2D eigenvalue weighted by atomic mass is 32.1. The predicted molar refractivity (Wildman–Crippen MR) is 54.5 cm³/mol. The first kappa shape index (κ1) is 12.7. The first-order valence-corrected chi connectivity index (χ1v) is 4.98. The molecule has 1 rings (SSSR count). The summed E-state index contributed by atoms with van der Waals surface area (Å²) in [5.41, 5.74) is 2.56. The minimum atomic E-state index is -0.368. The van der Waals surface area contributed by atoms with Gasteiger partial charge in [-0.1, -0.05) is 6.58 Å². The van der Waals surface area contributed by atoms with E-state index in [4.69, 9.17) is 28.8 Å². The number of nitrogens with zero attached hydrogens (tertiary/aromatic N) is 1. The molecule has 0 aromatic rings. The summed E-state index contributed by atoms with van der Waals surface area (Å²) in [4.78, 5) is 4.01. The monoisotopic (exact) mass is 236 g/mol. The third-order valence-electron chi connectivity index (χ3n) is 2.24. The van der Waals surface area contributed by atoms with Gasteiger partial charge >= 0.3 is 0 Å². The number of aliphatic hydroxyl groups excluding tert-OH is 1. The van der Waals surface area contributed by atoms with Gasteiger partial charge in [-0.2, -0.15) is 10.9 Å². The number of aliphatic hydroxyl groups is 1. The largest absolute Gasteiger partial charge is 0.707 e. The maximum Gasteiger partial charge on any atom is 0.180 e. The molecular formula is C7H16N4O3S. The molecular weight excluding hydrogens is 220 g/mol. The van der Waals surface area contributed by atoms with E-state index in [-0.39, 0.29) is 24.0 Å². The van der Waals surface area contributed by atoms with Crippen LogP contribution in [0.1, 0.15) is 6.42 Å². The lowest BCUT2D eigenvalue weighted by atomic mass is 10.3. The second kappa shape index (κ2) is 5.66. The molecule has 1 fully saturated rings. The zero-order chi connectivity index (χ0) is 11.4. The van der Waals surface area contributed by atoms with Gasteiger partial charge in [0.25, 0.3) is 0 Å². The molecule has 0 aliphatic carbocycles. The van der Waals surface area contributed by atoms with Gasteiger partial charge in [0.2, 0.25) is 0 Å². The van der Waals surface area contributed by atoms with Crippen molar-refractivity contribution < 1.29 is 20.3 Å². The van der Waals surface area contributed by atoms with Crippen LogP contribution in [0.2, 0.25) is 0 Å². The van der Waals surface area contributed by atoms with Crippen LogP contribution in [0.4, 0.5) is 0 Å². The molecule has 6 N–H and O–H groups in total. The van der Waals surface area contributed by atoms with Crippen molar-refractivity contribution >= 4 is 12.6 Å². The summed E-state index contributed by atoms with van der Waals surface area (Å²) in [5.74, 6) is 6.00. The van der Waals surface area contributed by atoms with Gasteiger partial charge in [0.15, 0.2) is 6.17 Å². The van der Waals surface area contributed by atoms with Crippen molar-refractivity contribution in [1.29, 1.82) is 0 Å². The Morgan fingerprint density at radius 2 is 2.40 bits per heavy atom. The van der Waals surface area contributed by atoms with Crippen LogP contribution in [0.3, 0.4) is 0 Å². The zero-order valence-electron chi connectivity index (χ0n) is 8.22. The van der Waals surface area contributed by atoms with Crippen molar-refractivity contribution in [2.45, 2.75) is 18.1 Å². The molecule has 0 radical (unpaired) electrons. The van der Waals surface area contributed by atoms with E-state index < -0.39 is 0 Å². The fourth-order valence-electron chi connectivity index (χ4n) is 1.48. The Morgan fingerprint density at radius 3 is 2.93 bits per heavy atom. The van der Waals surface area contributed by atoms with Gasteiger partial charge in [-0.15, -0.1) is 0 Å². The lowest BCUT2D eigenvalue weighted by Gasteiger charge is -2.24. The highest BCUT2D eigenvalue weighted by molar-refractivity contribution is 7.59. The summed E-state index contributed by atoms with van der Waals surface area (Å²) in [6.45, 7) is 3.89. The third kappa shape index (κ3) is 3.05. The predicted octanol–water partition coefficient (Wildman–Crippen LogP) is -2.89. The first-order valence-electron chi connectivity index (χ1n) is 4.51. The number of hydrogen-bond donors (Lipinski definition) is 5. The van der Waals surface area contributed by atoms with Gasteiger partial charge in [-0.05, 0) is 0 Å². The van der Waals surface area contributed by atoms with Gasteiger partial charge in [0, 0.05) is 6.54 Å². The Labute approximate surface area is 93.4 Å². The molecule has 88 valence electrons. The molecule has 15 heavy (non-hydrogen) atoms. The van der Waals surface area contributed by atoms with Crippen molar-refractivity contribution in [2.75, 3.05) is 13.2 Å². The van der Waals surface area contributed by atoms with Gasteiger partial charge < -0.3 is 22.6 Å². The molecule has 1 aliphatic heterocycles. The number of rotatable bonds is 5. The van der Waals surface area contributed by atoms with E-state index in [1.807, 2.05) is 0 Å². The Hall–Kier alpha value is -0.350. The maximum atomic E-state index is 8.84. The Balaban J connectivity index is 2.59. The highest BCUT2D eigenvalue weighted by Gasteiger charge is 2.36. The average Bonchev–Trinajstić information content (AvgIpc) is 2.46. The summed E-state index contributed by atoms with van der Waals surface area (Å²) in [5, 5.41) is 19.5. The number of hydrogen-bond acceptors (Lipinski definition) is 7. The zero-order valence-corrected chi connectivity index (χ0v) is 9.04. The Kier molecular flexibility index (Phi) is 4.80. The summed E-state index contributed by atoms with van der Waals surface area (Å²) < 4.78 is 0. The van der Waals surface area contributed by atoms with Crippen LogP contribution >= 0.6 is 0 Å². The summed E-state index contributed by atoms with van der Waals surface area (Å²) in [7, 11) is 0. The van der Waals surface area contributed by atoms with E-state index in [2.05, 4.69) is 16.9 Å². The molecule has 0 saturated carbocycles. The lowest BCUT2D eigenvalue weighted by molar-refractivity contribution is -0.940. The number of nitrogens with two attached hydrogens (primary N) is 1. The van der Waals surface area contributed by atoms with Crippen LogP contribution in [0, 0.1) is 0 Å². The highest BCUT2D eigenvalue weighted by Crippen LogP contribution is 2.07. The molecule has 1 aliphatic rings. The van der Waals surface area contributed by atoms with Crippen LogP contribution in [-0.2, 0) is 17.5 Å². The van der Waals surface area contributed by atoms with Crippen LogP contribution in [0.5, 0.6) is 0 Å². The minimum Gasteiger partial charge on any atom is -0.707 e. The van der Waals surface area contributed by atoms with Crippen molar-refractivity contribution in [2.24, 2.45) is 5.84 Å². The average molecular weight is 236 g/mol. The van der Waals surface area contributed by atoms with Crippen molar-refractivity contribution in [1.82, 2.24) is 10.4 Å².